The van der Waals surface area contributed by atoms with Crippen molar-refractivity contribution in [2.75, 3.05) is 11.5 Å². The highest BCUT2D eigenvalue weighted by Crippen LogP contribution is 2.31. The summed E-state index contributed by atoms with van der Waals surface area (Å²) in [6.45, 7) is 6.56. The number of hydrazone groups is 1. The van der Waals surface area contributed by atoms with E-state index >= 15 is 0 Å². The van der Waals surface area contributed by atoms with Gasteiger partial charge in [0, 0.05) is 17.7 Å². The van der Waals surface area contributed by atoms with Crippen LogP contribution < -0.4 is 10.7 Å². The van der Waals surface area contributed by atoms with E-state index in [9.17, 15) is 13.2 Å². The van der Waals surface area contributed by atoms with Crippen LogP contribution in [0.25, 0.3) is 0 Å². The maximum absolute atomic E-state index is 11.9. The van der Waals surface area contributed by atoms with Crippen molar-refractivity contribution in [3.05, 3.63) is 0 Å². The summed E-state index contributed by atoms with van der Waals surface area (Å²) >= 11 is 0. The Bertz CT molecular complexity index is 542. The average Bonchev–Trinajstić information content (AvgIpc) is 2.75. The average molecular weight is 329 g/mol. The molecule has 1 heterocycles. The van der Waals surface area contributed by atoms with Gasteiger partial charge in [-0.15, -0.1) is 0 Å². The number of amides is 2. The summed E-state index contributed by atoms with van der Waals surface area (Å²) in [5.41, 5.74) is 3.61. The highest BCUT2D eigenvalue weighted by Gasteiger charge is 2.29. The Kier molecular flexibility index (Phi) is 5.47. The molecule has 2 fully saturated rings. The van der Waals surface area contributed by atoms with Gasteiger partial charge in [0.2, 0.25) is 0 Å². The van der Waals surface area contributed by atoms with Crippen LogP contribution in [0.2, 0.25) is 0 Å². The van der Waals surface area contributed by atoms with Crippen LogP contribution in [0, 0.1) is 17.8 Å². The minimum atomic E-state index is -2.98. The lowest BCUT2D eigenvalue weighted by Gasteiger charge is -2.30. The molecule has 2 rings (SSSR count). The number of nitrogens with zero attached hydrogens (tertiary/aromatic N) is 1. The van der Waals surface area contributed by atoms with Crippen LogP contribution >= 0.6 is 0 Å². The van der Waals surface area contributed by atoms with E-state index in [0.717, 1.165) is 18.6 Å². The Morgan fingerprint density at radius 1 is 1.27 bits per heavy atom. The summed E-state index contributed by atoms with van der Waals surface area (Å²) in [6, 6.07) is -0.702. The summed E-state index contributed by atoms with van der Waals surface area (Å²) in [5, 5.41) is 7.01. The molecule has 0 spiro atoms. The molecule has 126 valence electrons. The van der Waals surface area contributed by atoms with Crippen LogP contribution in [0.15, 0.2) is 5.10 Å². The van der Waals surface area contributed by atoms with Crippen molar-refractivity contribution in [2.24, 2.45) is 22.9 Å². The normalized spacial score (nSPS) is 33.1. The molecule has 2 N–H and O–H groups in total. The molecule has 1 saturated heterocycles. The highest BCUT2D eigenvalue weighted by atomic mass is 32.2. The number of sulfone groups is 1. The van der Waals surface area contributed by atoms with Crippen LogP contribution in [0.3, 0.4) is 0 Å². The third kappa shape index (κ3) is 4.69. The topological polar surface area (TPSA) is 87.6 Å². The van der Waals surface area contributed by atoms with Gasteiger partial charge in [0.05, 0.1) is 11.5 Å². The van der Waals surface area contributed by atoms with E-state index in [2.05, 4.69) is 36.6 Å². The van der Waals surface area contributed by atoms with E-state index in [0.29, 0.717) is 24.2 Å². The maximum Gasteiger partial charge on any atom is 0.335 e. The molecule has 6 nitrogen and oxygen atoms in total. The van der Waals surface area contributed by atoms with Gasteiger partial charge in [0.15, 0.2) is 9.84 Å². The first-order chi connectivity index (χ1) is 10.3. The van der Waals surface area contributed by atoms with E-state index in [-0.39, 0.29) is 17.5 Å². The van der Waals surface area contributed by atoms with Gasteiger partial charge in [-0.25, -0.2) is 18.6 Å². The molecule has 2 aliphatic rings. The van der Waals surface area contributed by atoms with Gasteiger partial charge in [0.1, 0.15) is 0 Å². The SMILES string of the molecule is CC(C)[C@@H]1CC[C@@H](C)CC1=NNC(=O)N[C@H]1CCS(=O)(=O)C1. The monoisotopic (exact) mass is 329 g/mol. The number of nitrogens with one attached hydrogen (secondary N) is 2. The Balaban J connectivity index is 1.90. The summed E-state index contributed by atoms with van der Waals surface area (Å²) in [5.74, 6) is 1.71. The Hall–Kier alpha value is -1.11. The zero-order chi connectivity index (χ0) is 16.3. The number of hydrogen-bond acceptors (Lipinski definition) is 4. The molecule has 7 heteroatoms. The zero-order valence-corrected chi connectivity index (χ0v) is 14.4. The first-order valence-electron chi connectivity index (χ1n) is 8.10. The number of urea groups is 1. The first kappa shape index (κ1) is 17.2. The van der Waals surface area contributed by atoms with E-state index < -0.39 is 15.9 Å². The Labute approximate surface area is 133 Å². The molecule has 0 aromatic rings. The fourth-order valence-corrected chi connectivity index (χ4v) is 5.01. The fourth-order valence-electron chi connectivity index (χ4n) is 3.34. The molecule has 3 atom stereocenters. The van der Waals surface area contributed by atoms with Gasteiger partial charge in [-0.1, -0.05) is 20.8 Å². The van der Waals surface area contributed by atoms with E-state index in [1.54, 1.807) is 0 Å². The molecule has 1 aliphatic carbocycles. The van der Waals surface area contributed by atoms with Gasteiger partial charge < -0.3 is 5.32 Å². The predicted octanol–water partition coefficient (Wildman–Crippen LogP) is 1.92. The number of hydrogen-bond donors (Lipinski definition) is 2. The largest absolute Gasteiger partial charge is 0.335 e. The van der Waals surface area contributed by atoms with E-state index in [4.69, 9.17) is 0 Å². The summed E-state index contributed by atoms with van der Waals surface area (Å²) in [4.78, 5) is 11.9. The van der Waals surface area contributed by atoms with Gasteiger partial charge in [-0.2, -0.15) is 5.10 Å². The second kappa shape index (κ2) is 6.98. The molecular formula is C15H27N3O3S. The van der Waals surface area contributed by atoms with Crippen LogP contribution in [0.1, 0.15) is 46.5 Å². The maximum atomic E-state index is 11.9. The lowest BCUT2D eigenvalue weighted by Crippen LogP contribution is -2.41. The van der Waals surface area contributed by atoms with Crippen LogP contribution in [0.5, 0.6) is 0 Å². The van der Waals surface area contributed by atoms with Gasteiger partial charge in [-0.05, 0) is 37.5 Å². The minimum Gasteiger partial charge on any atom is -0.333 e. The van der Waals surface area contributed by atoms with Crippen LogP contribution in [-0.2, 0) is 9.84 Å². The van der Waals surface area contributed by atoms with Gasteiger partial charge in [-0.3, -0.25) is 0 Å². The standard InChI is InChI=1S/C15H27N3O3S/c1-10(2)13-5-4-11(3)8-14(13)17-18-15(19)16-12-6-7-22(20,21)9-12/h10-13H,4-9H2,1-3H3,(H2,16,18,19)/t11-,12+,13+/m1/s1. The summed E-state index contributed by atoms with van der Waals surface area (Å²) in [6.07, 6.45) is 3.72. The second-order valence-electron chi connectivity index (χ2n) is 7.03. The molecule has 22 heavy (non-hydrogen) atoms. The van der Waals surface area contributed by atoms with Crippen LogP contribution in [0.4, 0.5) is 4.79 Å². The summed E-state index contributed by atoms with van der Waals surface area (Å²) < 4.78 is 22.8. The van der Waals surface area contributed by atoms with Crippen molar-refractivity contribution < 1.29 is 13.2 Å². The van der Waals surface area contributed by atoms with Crippen molar-refractivity contribution in [2.45, 2.75) is 52.5 Å². The number of carbonyl (C=O) groups excluding carboxylic acids is 1. The highest BCUT2D eigenvalue weighted by molar-refractivity contribution is 7.91. The third-order valence-corrected chi connectivity index (χ3v) is 6.40. The van der Waals surface area contributed by atoms with Gasteiger partial charge >= 0.3 is 6.03 Å². The lowest BCUT2D eigenvalue weighted by molar-refractivity contribution is 0.238. The molecule has 0 radical (unpaired) electrons. The molecule has 0 aromatic heterocycles. The Morgan fingerprint density at radius 2 is 2.00 bits per heavy atom. The number of carbonyl (C=O) groups is 1. The smallest absolute Gasteiger partial charge is 0.333 e. The van der Waals surface area contributed by atoms with Gasteiger partial charge in [0.25, 0.3) is 0 Å². The molecule has 2 amide bonds. The van der Waals surface area contributed by atoms with Crippen molar-refractivity contribution in [1.82, 2.24) is 10.7 Å². The lowest BCUT2D eigenvalue weighted by atomic mass is 9.76. The molecule has 0 aromatic carbocycles. The van der Waals surface area contributed by atoms with Crippen molar-refractivity contribution in [3.63, 3.8) is 0 Å². The van der Waals surface area contributed by atoms with E-state index in [1.807, 2.05) is 0 Å². The van der Waals surface area contributed by atoms with Crippen molar-refractivity contribution >= 4 is 21.6 Å². The Morgan fingerprint density at radius 3 is 2.59 bits per heavy atom. The second-order valence-corrected chi connectivity index (χ2v) is 9.25. The molecule has 1 aliphatic heterocycles. The quantitative estimate of drug-likeness (QED) is 0.775. The molecule has 1 saturated carbocycles. The first-order valence-corrected chi connectivity index (χ1v) is 9.92. The van der Waals surface area contributed by atoms with Crippen molar-refractivity contribution in [1.29, 1.82) is 0 Å². The van der Waals surface area contributed by atoms with Crippen LogP contribution in [-0.4, -0.2) is 37.7 Å². The number of rotatable bonds is 3. The fraction of sp³-hybridized carbons (Fsp3) is 0.867. The van der Waals surface area contributed by atoms with Crippen molar-refractivity contribution in [3.8, 4) is 0 Å². The van der Waals surface area contributed by atoms with E-state index in [1.165, 1.54) is 6.42 Å². The third-order valence-electron chi connectivity index (χ3n) is 4.63. The molecule has 0 bridgehead atoms. The predicted molar refractivity (Wildman–Crippen MR) is 87.5 cm³/mol. The summed E-state index contributed by atoms with van der Waals surface area (Å²) in [7, 11) is -2.98. The minimum absolute atomic E-state index is 0.0304. The molecular weight excluding hydrogens is 302 g/mol. The molecule has 0 unspecified atom stereocenters. The zero-order valence-electron chi connectivity index (χ0n) is 13.6.